The van der Waals surface area contributed by atoms with Crippen LogP contribution in [0.15, 0.2) is 21.4 Å². The zero-order valence-electron chi connectivity index (χ0n) is 12.8. The van der Waals surface area contributed by atoms with Crippen molar-refractivity contribution in [3.8, 4) is 0 Å². The molecule has 2 saturated heterocycles. The summed E-state index contributed by atoms with van der Waals surface area (Å²) in [5, 5.41) is 8.47. The maximum Gasteiger partial charge on any atom is 0.494 e. The van der Waals surface area contributed by atoms with Crippen LogP contribution < -0.4 is 0 Å². The average Bonchev–Trinajstić information content (AvgIpc) is 2.94. The Bertz CT molecular complexity index is 437. The molecular formula is C14H23BN2O3. The summed E-state index contributed by atoms with van der Waals surface area (Å²) < 4.78 is 18.1. The van der Waals surface area contributed by atoms with E-state index in [4.69, 9.17) is 14.0 Å². The summed E-state index contributed by atoms with van der Waals surface area (Å²) in [5.41, 5.74) is 1.32. The second-order valence-corrected chi connectivity index (χ2v) is 6.75. The molecule has 3 rings (SSSR count). The van der Waals surface area contributed by atoms with Gasteiger partial charge in [0.2, 0.25) is 0 Å². The maximum atomic E-state index is 6.11. The van der Waals surface area contributed by atoms with Gasteiger partial charge in [-0.1, -0.05) is 0 Å². The van der Waals surface area contributed by atoms with Crippen LogP contribution in [0.4, 0.5) is 0 Å². The highest BCUT2D eigenvalue weighted by atomic mass is 16.7. The van der Waals surface area contributed by atoms with E-state index in [0.29, 0.717) is 6.54 Å². The van der Waals surface area contributed by atoms with E-state index in [1.54, 1.807) is 0 Å². The predicted octanol–water partition coefficient (Wildman–Crippen LogP) is 2.91. The molecule has 0 unspecified atom stereocenters. The van der Waals surface area contributed by atoms with Crippen molar-refractivity contribution in [2.45, 2.75) is 64.3 Å². The second-order valence-electron chi connectivity index (χ2n) is 6.75. The van der Waals surface area contributed by atoms with Crippen LogP contribution in [0.25, 0.3) is 0 Å². The van der Waals surface area contributed by atoms with Gasteiger partial charge in [0.15, 0.2) is 0 Å². The third-order valence-electron chi connectivity index (χ3n) is 4.77. The van der Waals surface area contributed by atoms with Gasteiger partial charge in [0.1, 0.15) is 6.10 Å². The molecule has 0 aromatic carbocycles. The smallest absolute Gasteiger partial charge is 0.399 e. The Labute approximate surface area is 120 Å². The van der Waals surface area contributed by atoms with Gasteiger partial charge in [-0.15, -0.1) is 0 Å². The van der Waals surface area contributed by atoms with Gasteiger partial charge in [-0.25, -0.2) is 0 Å². The lowest BCUT2D eigenvalue weighted by atomic mass is 9.76. The molecule has 0 radical (unpaired) electrons. The minimum absolute atomic E-state index is 0.0593. The Morgan fingerprint density at radius 1 is 1.10 bits per heavy atom. The first-order valence-electron chi connectivity index (χ1n) is 7.48. The first-order valence-corrected chi connectivity index (χ1v) is 7.48. The summed E-state index contributed by atoms with van der Waals surface area (Å²) in [4.78, 5) is 0. The van der Waals surface area contributed by atoms with Gasteiger partial charge in [0.25, 0.3) is 0 Å². The molecule has 6 heteroatoms. The second kappa shape index (κ2) is 4.93. The molecule has 0 saturated carbocycles. The number of nitrogens with zero attached hydrogens (tertiary/aromatic N) is 2. The minimum Gasteiger partial charge on any atom is -0.399 e. The normalized spacial score (nSPS) is 32.2. The van der Waals surface area contributed by atoms with Crippen LogP contribution in [-0.4, -0.2) is 37.6 Å². The standard InChI is InChI=1S/C14H23BN2O3/c1-13(2)14(3,4)20-15(19-13)10-9-16-17-12(10)11-7-5-6-8-18-11/h11H,5-9H2,1-4H3/t11-/m1/s1. The van der Waals surface area contributed by atoms with E-state index >= 15 is 0 Å². The van der Waals surface area contributed by atoms with Crippen LogP contribution in [-0.2, 0) is 14.0 Å². The highest BCUT2D eigenvalue weighted by Gasteiger charge is 2.53. The number of azo groups is 1. The molecule has 5 nitrogen and oxygen atoms in total. The molecular weight excluding hydrogens is 255 g/mol. The van der Waals surface area contributed by atoms with E-state index in [-0.39, 0.29) is 24.4 Å². The topological polar surface area (TPSA) is 52.4 Å². The molecule has 0 bridgehead atoms. The Kier molecular flexibility index (Phi) is 3.51. The Morgan fingerprint density at radius 3 is 2.40 bits per heavy atom. The number of hydrogen-bond acceptors (Lipinski definition) is 5. The fourth-order valence-electron chi connectivity index (χ4n) is 2.74. The Morgan fingerprint density at radius 2 is 1.80 bits per heavy atom. The SMILES string of the molecule is CC1(C)OB(C2=C([C@H]3CCCCO3)N=NC2)OC1(C)C. The molecule has 0 N–H and O–H groups in total. The summed E-state index contributed by atoms with van der Waals surface area (Å²) >= 11 is 0. The first kappa shape index (κ1) is 14.2. The van der Waals surface area contributed by atoms with Gasteiger partial charge in [0.05, 0.1) is 23.4 Å². The molecule has 1 atom stereocenters. The van der Waals surface area contributed by atoms with Crippen LogP contribution >= 0.6 is 0 Å². The summed E-state index contributed by atoms with van der Waals surface area (Å²) in [6, 6.07) is 0. The maximum absolute atomic E-state index is 6.11. The van der Waals surface area contributed by atoms with Gasteiger partial charge in [-0.05, 0) is 47.0 Å². The minimum atomic E-state index is -0.351. The molecule has 0 aromatic heterocycles. The van der Waals surface area contributed by atoms with Gasteiger partial charge >= 0.3 is 7.12 Å². The average molecular weight is 278 g/mol. The van der Waals surface area contributed by atoms with Crippen molar-refractivity contribution >= 4 is 7.12 Å². The summed E-state index contributed by atoms with van der Waals surface area (Å²) in [6.45, 7) is 9.62. The fraction of sp³-hybridized carbons (Fsp3) is 0.857. The van der Waals surface area contributed by atoms with E-state index in [2.05, 4.69) is 37.9 Å². The lowest BCUT2D eigenvalue weighted by Gasteiger charge is -2.32. The van der Waals surface area contributed by atoms with Gasteiger partial charge in [-0.2, -0.15) is 10.2 Å². The van der Waals surface area contributed by atoms with E-state index in [9.17, 15) is 0 Å². The lowest BCUT2D eigenvalue weighted by molar-refractivity contribution is 0.00578. The van der Waals surface area contributed by atoms with Crippen molar-refractivity contribution < 1.29 is 14.0 Å². The largest absolute Gasteiger partial charge is 0.494 e. The molecule has 110 valence electrons. The highest BCUT2D eigenvalue weighted by Crippen LogP contribution is 2.40. The quantitative estimate of drug-likeness (QED) is 0.730. The van der Waals surface area contributed by atoms with E-state index in [1.807, 2.05) is 0 Å². The molecule has 0 aromatic rings. The molecule has 0 aliphatic carbocycles. The van der Waals surface area contributed by atoms with Crippen LogP contribution in [0.5, 0.6) is 0 Å². The molecule has 3 aliphatic rings. The summed E-state index contributed by atoms with van der Waals surface area (Å²) in [5.74, 6) is 0. The molecule has 3 aliphatic heterocycles. The van der Waals surface area contributed by atoms with Crippen LogP contribution in [0.1, 0.15) is 47.0 Å². The highest BCUT2D eigenvalue weighted by molar-refractivity contribution is 6.55. The molecule has 20 heavy (non-hydrogen) atoms. The van der Waals surface area contributed by atoms with Crippen molar-refractivity contribution in [2.24, 2.45) is 10.2 Å². The third-order valence-corrected chi connectivity index (χ3v) is 4.77. The number of ether oxygens (including phenoxy) is 1. The van der Waals surface area contributed by atoms with Crippen LogP contribution in [0.3, 0.4) is 0 Å². The fourth-order valence-corrected chi connectivity index (χ4v) is 2.74. The van der Waals surface area contributed by atoms with Crippen molar-refractivity contribution in [1.29, 1.82) is 0 Å². The summed E-state index contributed by atoms with van der Waals surface area (Å²) in [7, 11) is -0.351. The zero-order valence-corrected chi connectivity index (χ0v) is 12.8. The molecule has 0 amide bonds. The van der Waals surface area contributed by atoms with Crippen LogP contribution in [0.2, 0.25) is 0 Å². The van der Waals surface area contributed by atoms with Crippen LogP contribution in [0, 0.1) is 0 Å². The van der Waals surface area contributed by atoms with Crippen molar-refractivity contribution in [3.63, 3.8) is 0 Å². The van der Waals surface area contributed by atoms with E-state index < -0.39 is 0 Å². The van der Waals surface area contributed by atoms with E-state index in [1.165, 1.54) is 6.42 Å². The van der Waals surface area contributed by atoms with Crippen molar-refractivity contribution in [2.75, 3.05) is 13.2 Å². The predicted molar refractivity (Wildman–Crippen MR) is 76.4 cm³/mol. The van der Waals surface area contributed by atoms with E-state index in [0.717, 1.165) is 30.6 Å². The Balaban J connectivity index is 1.82. The number of hydrogen-bond donors (Lipinski definition) is 0. The zero-order chi connectivity index (χ0) is 14.4. The molecule has 2 fully saturated rings. The Hall–Kier alpha value is -0.715. The monoisotopic (exact) mass is 278 g/mol. The van der Waals surface area contributed by atoms with Gasteiger partial charge < -0.3 is 14.0 Å². The van der Waals surface area contributed by atoms with Gasteiger partial charge in [0, 0.05) is 12.1 Å². The number of rotatable bonds is 2. The van der Waals surface area contributed by atoms with Gasteiger partial charge in [-0.3, -0.25) is 0 Å². The third kappa shape index (κ3) is 2.34. The van der Waals surface area contributed by atoms with Crippen molar-refractivity contribution in [1.82, 2.24) is 0 Å². The summed E-state index contributed by atoms with van der Waals surface area (Å²) in [6.07, 6.45) is 3.38. The molecule has 0 spiro atoms. The van der Waals surface area contributed by atoms with Crippen molar-refractivity contribution in [3.05, 3.63) is 11.2 Å². The first-order chi connectivity index (χ1) is 9.41. The lowest BCUT2D eigenvalue weighted by Crippen LogP contribution is -2.41. The molecule has 3 heterocycles.